The summed E-state index contributed by atoms with van der Waals surface area (Å²) in [6.07, 6.45) is -9.94. The van der Waals surface area contributed by atoms with Crippen LogP contribution in [0.4, 0.5) is 0 Å². The average Bonchev–Trinajstić information content (AvgIpc) is 3.03. The first kappa shape index (κ1) is 43.1. The third-order valence-corrected chi connectivity index (χ3v) is 11.4. The van der Waals surface area contributed by atoms with Crippen LogP contribution in [0.3, 0.4) is 0 Å². The van der Waals surface area contributed by atoms with E-state index in [0.29, 0.717) is 6.42 Å². The predicted octanol–water partition coefficient (Wildman–Crippen LogP) is 1.54. The van der Waals surface area contributed by atoms with Gasteiger partial charge in [0.2, 0.25) is 0 Å². The van der Waals surface area contributed by atoms with Gasteiger partial charge >= 0.3 is 5.97 Å². The smallest absolute Gasteiger partial charge is 0.308 e. The molecule has 0 aliphatic carbocycles. The van der Waals surface area contributed by atoms with Crippen molar-refractivity contribution in [2.24, 2.45) is 17.8 Å². The molecule has 17 atom stereocenters. The summed E-state index contributed by atoms with van der Waals surface area (Å²) in [5.41, 5.74) is -4.80. The zero-order valence-electron chi connectivity index (χ0n) is 32.1. The summed E-state index contributed by atoms with van der Waals surface area (Å²) in [4.78, 5) is 29.4. The summed E-state index contributed by atoms with van der Waals surface area (Å²) in [6, 6.07) is -0.318. The Bertz CT molecular complexity index is 1140. The molecule has 0 radical (unpaired) electrons. The van der Waals surface area contributed by atoms with E-state index in [1.54, 1.807) is 34.6 Å². The fourth-order valence-electron chi connectivity index (χ4n) is 8.10. The molecular weight excluding hydrogens is 654 g/mol. The maximum absolute atomic E-state index is 13.8. The maximum atomic E-state index is 13.8. The SMILES string of the molecule is CC[C@H]1OC(=O)C[C@@H](OC2CC(C)(OC)C(O)C(C)O2)[C@H](C)[C@@H](OC2OC(C)CC(N(C)C)C2O)[C@](C)(O)C[C@@H](C)C(=O)[C@H](C)[C@@H](O)[C@]1(C)O. The highest BCUT2D eigenvalue weighted by molar-refractivity contribution is 5.83. The van der Waals surface area contributed by atoms with Crippen molar-refractivity contribution in [2.75, 3.05) is 21.2 Å². The molecule has 14 heteroatoms. The number of hydrogen-bond donors (Lipinski definition) is 5. The van der Waals surface area contributed by atoms with Gasteiger partial charge in [-0.05, 0) is 68.0 Å². The number of cyclic esters (lactones) is 1. The van der Waals surface area contributed by atoms with Gasteiger partial charge in [0, 0.05) is 37.3 Å². The Kier molecular flexibility index (Phi) is 14.5. The second kappa shape index (κ2) is 16.8. The second-order valence-electron chi connectivity index (χ2n) is 16.0. The highest BCUT2D eigenvalue weighted by Gasteiger charge is 2.52. The summed E-state index contributed by atoms with van der Waals surface area (Å²) in [7, 11) is 5.17. The second-order valence-corrected chi connectivity index (χ2v) is 16.0. The van der Waals surface area contributed by atoms with E-state index in [2.05, 4.69) is 0 Å². The lowest BCUT2D eigenvalue weighted by molar-refractivity contribution is -0.315. The van der Waals surface area contributed by atoms with Gasteiger partial charge in [0.25, 0.3) is 0 Å². The summed E-state index contributed by atoms with van der Waals surface area (Å²) < 4.78 is 36.7. The highest BCUT2D eigenvalue weighted by atomic mass is 16.7. The number of carbonyl (C=O) groups is 2. The Morgan fingerprint density at radius 3 is 2.10 bits per heavy atom. The number of ether oxygens (including phenoxy) is 6. The molecule has 3 fully saturated rings. The first-order chi connectivity index (χ1) is 23.0. The lowest BCUT2D eigenvalue weighted by atomic mass is 9.74. The van der Waals surface area contributed by atoms with E-state index < -0.39 is 102 Å². The third kappa shape index (κ3) is 9.43. The Morgan fingerprint density at radius 2 is 1.54 bits per heavy atom. The molecular formula is C36H65NO13. The van der Waals surface area contributed by atoms with Gasteiger partial charge < -0.3 is 58.9 Å². The van der Waals surface area contributed by atoms with Gasteiger partial charge in [0.1, 0.15) is 29.7 Å². The number of aliphatic hydroxyl groups excluding tert-OH is 3. The van der Waals surface area contributed by atoms with Crippen molar-refractivity contribution >= 4 is 11.8 Å². The number of ketones is 1. The summed E-state index contributed by atoms with van der Waals surface area (Å²) in [5.74, 6) is -3.88. The fourth-order valence-corrected chi connectivity index (χ4v) is 8.10. The number of aliphatic hydroxyl groups is 5. The van der Waals surface area contributed by atoms with Crippen molar-refractivity contribution in [1.82, 2.24) is 4.90 Å². The Balaban J connectivity index is 2.13. The summed E-state index contributed by atoms with van der Waals surface area (Å²) >= 11 is 0. The molecule has 0 bridgehead atoms. The van der Waals surface area contributed by atoms with Crippen molar-refractivity contribution < 1.29 is 63.5 Å². The molecule has 14 nitrogen and oxygen atoms in total. The normalized spacial score (nSPS) is 49.0. The van der Waals surface area contributed by atoms with E-state index in [1.807, 2.05) is 25.9 Å². The standard InChI is InChI=1S/C36H65NO13/c1-13-25-36(9,44)30(41)21(5)28(39)18(2)16-34(7,43)32(50-33-29(40)23(37(10)11)14-19(3)46-33)20(4)24(15-26(38)49-25)48-27-17-35(8,45-12)31(42)22(6)47-27/h18-25,27,29-33,40-44H,13-17H2,1-12H3/t18-,19?,20+,21+,22?,23?,24-,25-,27?,29?,30-,31?,32-,33?,34-,35?,36-/m1/s1. The molecule has 5 N–H and O–H groups in total. The number of rotatable bonds is 7. The molecule has 3 saturated heterocycles. The van der Waals surface area contributed by atoms with Gasteiger partial charge in [0.05, 0.1) is 48.1 Å². The number of hydrogen-bond acceptors (Lipinski definition) is 14. The van der Waals surface area contributed by atoms with Crippen LogP contribution in [0, 0.1) is 17.8 Å². The van der Waals surface area contributed by atoms with Crippen LogP contribution in [-0.4, -0.2) is 148 Å². The van der Waals surface area contributed by atoms with E-state index in [-0.39, 0.29) is 37.8 Å². The lowest BCUT2D eigenvalue weighted by Gasteiger charge is -2.48. The van der Waals surface area contributed by atoms with Crippen molar-refractivity contribution in [3.05, 3.63) is 0 Å². The molecule has 8 unspecified atom stereocenters. The predicted molar refractivity (Wildman–Crippen MR) is 182 cm³/mol. The lowest BCUT2D eigenvalue weighted by Crippen LogP contribution is -2.60. The monoisotopic (exact) mass is 719 g/mol. The zero-order chi connectivity index (χ0) is 38.1. The van der Waals surface area contributed by atoms with Gasteiger partial charge in [-0.3, -0.25) is 9.59 Å². The minimum Gasteiger partial charge on any atom is -0.459 e. The average molecular weight is 720 g/mol. The molecule has 0 saturated carbocycles. The first-order valence-corrected chi connectivity index (χ1v) is 18.1. The zero-order valence-corrected chi connectivity index (χ0v) is 32.1. The molecule has 0 aromatic carbocycles. The fraction of sp³-hybridized carbons (Fsp3) is 0.944. The van der Waals surface area contributed by atoms with E-state index >= 15 is 0 Å². The molecule has 50 heavy (non-hydrogen) atoms. The van der Waals surface area contributed by atoms with Gasteiger partial charge in [0.15, 0.2) is 12.6 Å². The van der Waals surface area contributed by atoms with Crippen molar-refractivity contribution in [1.29, 1.82) is 0 Å². The van der Waals surface area contributed by atoms with Crippen LogP contribution in [-0.2, 0) is 38.0 Å². The van der Waals surface area contributed by atoms with Gasteiger partial charge in [-0.25, -0.2) is 0 Å². The van der Waals surface area contributed by atoms with Crippen molar-refractivity contribution in [2.45, 2.75) is 179 Å². The highest BCUT2D eigenvalue weighted by Crippen LogP contribution is 2.39. The van der Waals surface area contributed by atoms with E-state index in [4.69, 9.17) is 28.4 Å². The van der Waals surface area contributed by atoms with Crippen LogP contribution in [0.15, 0.2) is 0 Å². The Labute approximate surface area is 297 Å². The number of carbonyl (C=O) groups excluding carboxylic acids is 2. The Morgan fingerprint density at radius 1 is 0.920 bits per heavy atom. The van der Waals surface area contributed by atoms with Gasteiger partial charge in [-0.1, -0.05) is 27.7 Å². The molecule has 292 valence electrons. The van der Waals surface area contributed by atoms with Crippen LogP contribution in [0.2, 0.25) is 0 Å². The van der Waals surface area contributed by atoms with Gasteiger partial charge in [-0.2, -0.15) is 0 Å². The molecule has 0 spiro atoms. The molecule has 0 amide bonds. The van der Waals surface area contributed by atoms with Crippen LogP contribution in [0.25, 0.3) is 0 Å². The minimum absolute atomic E-state index is 0.101. The van der Waals surface area contributed by atoms with Crippen LogP contribution in [0.5, 0.6) is 0 Å². The molecule has 0 aromatic rings. The maximum Gasteiger partial charge on any atom is 0.308 e. The van der Waals surface area contributed by atoms with E-state index in [9.17, 15) is 35.1 Å². The van der Waals surface area contributed by atoms with E-state index in [1.165, 1.54) is 27.9 Å². The summed E-state index contributed by atoms with van der Waals surface area (Å²) in [5, 5.41) is 57.3. The van der Waals surface area contributed by atoms with Crippen LogP contribution >= 0.6 is 0 Å². The molecule has 3 rings (SSSR count). The van der Waals surface area contributed by atoms with Crippen molar-refractivity contribution in [3.8, 4) is 0 Å². The Hall–Kier alpha value is -1.30. The number of Topliss-reactive ketones (excluding diaryl/α,β-unsaturated/α-hetero) is 1. The molecule has 3 aliphatic rings. The summed E-state index contributed by atoms with van der Waals surface area (Å²) in [6.45, 7) is 14.7. The topological polar surface area (TPSA) is 194 Å². The quantitative estimate of drug-likeness (QED) is 0.238. The van der Waals surface area contributed by atoms with Crippen LogP contribution < -0.4 is 0 Å². The first-order valence-electron chi connectivity index (χ1n) is 18.1. The number of esters is 1. The molecule has 3 aliphatic heterocycles. The largest absolute Gasteiger partial charge is 0.459 e. The third-order valence-electron chi connectivity index (χ3n) is 11.4. The minimum atomic E-state index is -1.98. The molecule has 0 aromatic heterocycles. The number of likely N-dealkylation sites (N-methyl/N-ethyl adjacent to an activating group) is 1. The number of methoxy groups -OCH3 is 1. The van der Waals surface area contributed by atoms with E-state index in [0.717, 1.165) is 0 Å². The molecule has 3 heterocycles. The van der Waals surface area contributed by atoms with Gasteiger partial charge in [-0.15, -0.1) is 0 Å². The van der Waals surface area contributed by atoms with Crippen LogP contribution in [0.1, 0.15) is 94.4 Å². The number of nitrogens with zero attached hydrogens (tertiary/aromatic N) is 1. The van der Waals surface area contributed by atoms with Crippen molar-refractivity contribution in [3.63, 3.8) is 0 Å².